The van der Waals surface area contributed by atoms with Crippen molar-refractivity contribution < 1.29 is 4.79 Å². The molecule has 0 radical (unpaired) electrons. The van der Waals surface area contributed by atoms with Crippen LogP contribution < -0.4 is 5.32 Å². The Morgan fingerprint density at radius 3 is 2.80 bits per heavy atom. The molecular weight excluding hydrogens is 374 g/mol. The molecule has 1 fully saturated rings. The number of rotatable bonds is 4. The number of carbonyl (C=O) groups excluding carboxylic acids is 1. The van der Waals surface area contributed by atoms with Crippen LogP contribution in [0.5, 0.6) is 0 Å². The van der Waals surface area contributed by atoms with Crippen molar-refractivity contribution in [3.63, 3.8) is 0 Å². The third-order valence-corrected chi connectivity index (χ3v) is 6.50. The second-order valence-electron chi connectivity index (χ2n) is 8.98. The topological polar surface area (TPSA) is 53.4 Å². The molecule has 0 unspecified atom stereocenters. The van der Waals surface area contributed by atoms with Crippen molar-refractivity contribution in [2.45, 2.75) is 77.7 Å². The summed E-state index contributed by atoms with van der Waals surface area (Å²) < 4.78 is 1.88. The van der Waals surface area contributed by atoms with Gasteiger partial charge in [0.2, 0.25) is 0 Å². The lowest BCUT2D eigenvalue weighted by Gasteiger charge is -2.36. The summed E-state index contributed by atoms with van der Waals surface area (Å²) in [6.07, 6.45) is 8.14. The monoisotopic (exact) mass is 409 g/mol. The largest absolute Gasteiger partial charge is 0.385 e. The van der Waals surface area contributed by atoms with Crippen LogP contribution in [0.2, 0.25) is 0 Å². The predicted molar refractivity (Wildman–Crippen MR) is 121 cm³/mol. The number of nitrogens with one attached hydrogen (secondary N) is 1. The van der Waals surface area contributed by atoms with Crippen LogP contribution in [0.25, 0.3) is 0 Å². The lowest BCUT2D eigenvalue weighted by atomic mass is 10.1. The van der Waals surface area contributed by atoms with Crippen LogP contribution >= 0.6 is 0 Å². The molecule has 1 aromatic carbocycles. The first-order valence-electron chi connectivity index (χ1n) is 11.5. The SMILES string of the molecule is CCCn1cc(C(=O)N2Cc3ccccc3NCC[C@H]3CC[C@@H](C2)N3C(C)C)cn1. The number of amides is 1. The highest BCUT2D eigenvalue weighted by molar-refractivity contribution is 5.93. The fourth-order valence-electron chi connectivity index (χ4n) is 5.19. The van der Waals surface area contributed by atoms with E-state index < -0.39 is 0 Å². The van der Waals surface area contributed by atoms with E-state index in [1.165, 1.54) is 12.0 Å². The van der Waals surface area contributed by atoms with E-state index in [4.69, 9.17) is 0 Å². The van der Waals surface area contributed by atoms with Crippen molar-refractivity contribution in [2.75, 3.05) is 18.4 Å². The molecule has 0 spiro atoms. The first-order valence-corrected chi connectivity index (χ1v) is 11.5. The van der Waals surface area contributed by atoms with Gasteiger partial charge in [-0.2, -0.15) is 5.10 Å². The van der Waals surface area contributed by atoms with Gasteiger partial charge in [0.15, 0.2) is 0 Å². The maximum Gasteiger partial charge on any atom is 0.257 e. The number of hydrogen-bond donors (Lipinski definition) is 1. The molecule has 2 atom stereocenters. The van der Waals surface area contributed by atoms with Gasteiger partial charge in [0.25, 0.3) is 5.91 Å². The quantitative estimate of drug-likeness (QED) is 0.830. The summed E-state index contributed by atoms with van der Waals surface area (Å²) in [6, 6.07) is 9.88. The average molecular weight is 410 g/mol. The van der Waals surface area contributed by atoms with Crippen LogP contribution in [0.1, 0.15) is 62.4 Å². The number of nitrogens with zero attached hydrogens (tertiary/aromatic N) is 4. The van der Waals surface area contributed by atoms with E-state index >= 15 is 0 Å². The molecule has 2 aliphatic rings. The van der Waals surface area contributed by atoms with Crippen molar-refractivity contribution in [3.8, 4) is 0 Å². The molecule has 30 heavy (non-hydrogen) atoms. The van der Waals surface area contributed by atoms with Gasteiger partial charge in [-0.15, -0.1) is 0 Å². The number of carbonyl (C=O) groups is 1. The van der Waals surface area contributed by atoms with Crippen molar-refractivity contribution in [1.82, 2.24) is 19.6 Å². The van der Waals surface area contributed by atoms with Gasteiger partial charge in [-0.1, -0.05) is 25.1 Å². The third kappa shape index (κ3) is 4.38. The summed E-state index contributed by atoms with van der Waals surface area (Å²) in [5.41, 5.74) is 3.01. The standard InChI is InChI=1S/C24H35N5O/c1-4-13-28-16-20(14-26-28)24(30)27-15-19-7-5-6-8-23(19)25-12-11-21-9-10-22(17-27)29(21)18(2)3/h5-8,14,16,18,21-22,25H,4,9-13,15,17H2,1-3H3/t21-,22+/m1/s1. The van der Waals surface area contributed by atoms with Crippen LogP contribution in [-0.2, 0) is 13.1 Å². The second-order valence-corrected chi connectivity index (χ2v) is 8.98. The van der Waals surface area contributed by atoms with E-state index in [1.54, 1.807) is 6.20 Å². The zero-order valence-corrected chi connectivity index (χ0v) is 18.6. The number of fused-ring (bicyclic) bond motifs is 3. The first-order chi connectivity index (χ1) is 14.6. The van der Waals surface area contributed by atoms with Crippen LogP contribution in [0, 0.1) is 0 Å². The fourth-order valence-corrected chi connectivity index (χ4v) is 5.19. The zero-order valence-electron chi connectivity index (χ0n) is 18.6. The van der Waals surface area contributed by atoms with Gasteiger partial charge >= 0.3 is 0 Å². The highest BCUT2D eigenvalue weighted by Gasteiger charge is 2.37. The van der Waals surface area contributed by atoms with Gasteiger partial charge in [-0.25, -0.2) is 0 Å². The van der Waals surface area contributed by atoms with Gasteiger partial charge in [0.1, 0.15) is 0 Å². The molecule has 162 valence electrons. The number of aryl methyl sites for hydroxylation is 1. The molecule has 6 heteroatoms. The highest BCUT2D eigenvalue weighted by Crippen LogP contribution is 2.31. The predicted octanol–water partition coefficient (Wildman–Crippen LogP) is 3.99. The fraction of sp³-hybridized carbons (Fsp3) is 0.583. The Labute approximate surface area is 180 Å². The third-order valence-electron chi connectivity index (χ3n) is 6.50. The number of hydrogen-bond acceptors (Lipinski definition) is 4. The van der Waals surface area contributed by atoms with Gasteiger partial charge in [0.05, 0.1) is 11.8 Å². The summed E-state index contributed by atoms with van der Waals surface area (Å²) in [4.78, 5) is 18.3. The molecule has 2 aromatic rings. The van der Waals surface area contributed by atoms with Crippen LogP contribution in [0.15, 0.2) is 36.7 Å². The minimum absolute atomic E-state index is 0.0820. The molecule has 6 nitrogen and oxygen atoms in total. The van der Waals surface area contributed by atoms with Gasteiger partial charge in [-0.3, -0.25) is 14.4 Å². The van der Waals surface area contributed by atoms with E-state index in [2.05, 4.69) is 60.4 Å². The van der Waals surface area contributed by atoms with Gasteiger partial charge < -0.3 is 10.2 Å². The maximum absolute atomic E-state index is 13.6. The molecule has 0 aliphatic carbocycles. The Hall–Kier alpha value is -2.34. The average Bonchev–Trinajstić information content (AvgIpc) is 3.34. The molecule has 0 saturated carbocycles. The molecule has 2 bridgehead atoms. The number of benzene rings is 1. The molecule has 1 N–H and O–H groups in total. The minimum Gasteiger partial charge on any atom is -0.385 e. The molecule has 2 aliphatic heterocycles. The molecular formula is C24H35N5O. The van der Waals surface area contributed by atoms with Crippen molar-refractivity contribution in [3.05, 3.63) is 47.8 Å². The lowest BCUT2D eigenvalue weighted by molar-refractivity contribution is 0.0633. The summed E-state index contributed by atoms with van der Waals surface area (Å²) in [7, 11) is 0. The van der Waals surface area contributed by atoms with Gasteiger partial charge in [-0.05, 0) is 51.2 Å². The molecule has 1 aromatic heterocycles. The maximum atomic E-state index is 13.6. The summed E-state index contributed by atoms with van der Waals surface area (Å²) in [6.45, 7) is 9.88. The van der Waals surface area contributed by atoms with E-state index in [-0.39, 0.29) is 5.91 Å². The van der Waals surface area contributed by atoms with Crippen molar-refractivity contribution in [2.24, 2.45) is 0 Å². The number of anilines is 1. The Bertz CT molecular complexity index is 861. The summed E-state index contributed by atoms with van der Waals surface area (Å²) in [5.74, 6) is 0.0820. The lowest BCUT2D eigenvalue weighted by Crippen LogP contribution is -2.48. The minimum atomic E-state index is 0.0820. The van der Waals surface area contributed by atoms with Crippen molar-refractivity contribution >= 4 is 11.6 Å². The van der Waals surface area contributed by atoms with Crippen LogP contribution in [0.4, 0.5) is 5.69 Å². The van der Waals surface area contributed by atoms with E-state index in [1.807, 2.05) is 15.8 Å². The molecule has 3 heterocycles. The number of para-hydroxylation sites is 1. The molecule has 1 saturated heterocycles. The molecule has 4 rings (SSSR count). The Morgan fingerprint density at radius 2 is 2.00 bits per heavy atom. The van der Waals surface area contributed by atoms with Gasteiger partial charge in [0, 0.05) is 56.2 Å². The first kappa shape index (κ1) is 20.9. The van der Waals surface area contributed by atoms with Crippen molar-refractivity contribution in [1.29, 1.82) is 0 Å². The Kier molecular flexibility index (Phi) is 6.42. The smallest absolute Gasteiger partial charge is 0.257 e. The van der Waals surface area contributed by atoms with Crippen LogP contribution in [-0.4, -0.2) is 56.7 Å². The highest BCUT2D eigenvalue weighted by atomic mass is 16.2. The normalized spacial score (nSPS) is 22.5. The Morgan fingerprint density at radius 1 is 1.20 bits per heavy atom. The second kappa shape index (κ2) is 9.21. The van der Waals surface area contributed by atoms with E-state index in [0.717, 1.165) is 44.6 Å². The summed E-state index contributed by atoms with van der Waals surface area (Å²) >= 11 is 0. The number of aromatic nitrogens is 2. The Balaban J connectivity index is 1.65. The van der Waals surface area contributed by atoms with E-state index in [0.29, 0.717) is 30.2 Å². The summed E-state index contributed by atoms with van der Waals surface area (Å²) in [5, 5.41) is 8.04. The van der Waals surface area contributed by atoms with Crippen LogP contribution in [0.3, 0.4) is 0 Å². The zero-order chi connectivity index (χ0) is 21.1. The molecule has 1 amide bonds. The van der Waals surface area contributed by atoms with E-state index in [9.17, 15) is 4.79 Å².